The Bertz CT molecular complexity index is 1370. The lowest BCUT2D eigenvalue weighted by molar-refractivity contribution is -0.689. The zero-order valence-corrected chi connectivity index (χ0v) is 21.5. The Morgan fingerprint density at radius 3 is 2.95 bits per heavy atom. The standard InChI is InChI=1S/C23H23N7O6S2/c24-23-26-18(28-38-23)15(27-36-14-5-1-2-6-14)19(32)25-16-20(33)30-17(22(34)35)13(11-37-21(16)30)9-29-7-3-4-12(8-29)10-31/h1,3-5,7-8,14,16,21,31H,2,6,9-11H2,(H3-,24,25,26,28,32,34,35)/t14?,16?,21-/m1/s1. The summed E-state index contributed by atoms with van der Waals surface area (Å²) in [4.78, 5) is 48.9. The number of carboxylic acid groups (broad SMARTS) is 1. The molecule has 198 valence electrons. The molecule has 2 unspecified atom stereocenters. The molecule has 38 heavy (non-hydrogen) atoms. The van der Waals surface area contributed by atoms with Crippen LogP contribution in [0.3, 0.4) is 0 Å². The Morgan fingerprint density at radius 1 is 1.42 bits per heavy atom. The van der Waals surface area contributed by atoms with Crippen LogP contribution >= 0.6 is 23.3 Å². The molecule has 1 aliphatic carbocycles. The normalized spacial score (nSPS) is 22.8. The Balaban J connectivity index is 1.34. The van der Waals surface area contributed by atoms with Crippen molar-refractivity contribution in [1.82, 2.24) is 19.6 Å². The molecule has 15 heteroatoms. The van der Waals surface area contributed by atoms with E-state index >= 15 is 0 Å². The highest BCUT2D eigenvalue weighted by Gasteiger charge is 2.53. The number of aromatic nitrogens is 3. The number of carboxylic acids is 1. The first kappa shape index (κ1) is 25.8. The van der Waals surface area contributed by atoms with Gasteiger partial charge in [-0.25, -0.2) is 4.57 Å². The molecule has 2 aliphatic heterocycles. The zero-order valence-electron chi connectivity index (χ0n) is 19.9. The van der Waals surface area contributed by atoms with Crippen molar-refractivity contribution in [3.63, 3.8) is 0 Å². The summed E-state index contributed by atoms with van der Waals surface area (Å²) in [5.41, 5.74) is 6.36. The molecule has 5 rings (SSSR count). The highest BCUT2D eigenvalue weighted by Crippen LogP contribution is 2.40. The van der Waals surface area contributed by atoms with E-state index in [2.05, 4.69) is 19.8 Å². The van der Waals surface area contributed by atoms with Crippen molar-refractivity contribution in [2.45, 2.75) is 43.5 Å². The topological polar surface area (TPSA) is 187 Å². The maximum atomic E-state index is 13.2. The van der Waals surface area contributed by atoms with Gasteiger partial charge in [0.2, 0.25) is 11.5 Å². The molecule has 13 nitrogen and oxygen atoms in total. The largest absolute Gasteiger partial charge is 0.543 e. The van der Waals surface area contributed by atoms with E-state index in [4.69, 9.17) is 10.6 Å². The molecule has 2 amide bonds. The number of pyridine rings is 1. The van der Waals surface area contributed by atoms with Crippen LogP contribution in [0.2, 0.25) is 0 Å². The van der Waals surface area contributed by atoms with Gasteiger partial charge < -0.3 is 30.9 Å². The predicted molar refractivity (Wildman–Crippen MR) is 134 cm³/mol. The molecule has 3 atom stereocenters. The van der Waals surface area contributed by atoms with E-state index in [1.807, 2.05) is 12.2 Å². The Labute approximate surface area is 224 Å². The first-order chi connectivity index (χ1) is 18.4. The number of oxime groups is 1. The minimum atomic E-state index is -1.48. The fraction of sp³-hybridized carbons (Fsp3) is 0.348. The molecular formula is C23H23N7O6S2. The van der Waals surface area contributed by atoms with Crippen LogP contribution in [0, 0.1) is 0 Å². The monoisotopic (exact) mass is 557 g/mol. The van der Waals surface area contributed by atoms with Gasteiger partial charge in [-0.15, -0.1) is 11.8 Å². The van der Waals surface area contributed by atoms with E-state index in [1.54, 1.807) is 29.1 Å². The van der Waals surface area contributed by atoms with E-state index in [0.717, 1.165) is 22.9 Å². The first-order valence-electron chi connectivity index (χ1n) is 11.6. The van der Waals surface area contributed by atoms with Crippen molar-refractivity contribution >= 4 is 51.9 Å². The van der Waals surface area contributed by atoms with Gasteiger partial charge in [-0.1, -0.05) is 11.2 Å². The number of thioether (sulfide) groups is 1. The lowest BCUT2D eigenvalue weighted by atomic mass is 10.0. The van der Waals surface area contributed by atoms with Gasteiger partial charge in [0.15, 0.2) is 24.1 Å². The SMILES string of the molecule is Nc1nc(C(=NOC2C=CCC2)C(=O)NC2C(=O)N3C(C(=O)[O-])=C(C[n+]4cccc(CO)c4)CS[C@H]23)ns1. The lowest BCUT2D eigenvalue weighted by Gasteiger charge is -2.50. The number of aliphatic hydroxyl groups is 1. The molecule has 1 fully saturated rings. The number of amides is 2. The molecule has 2 aromatic rings. The molecular weight excluding hydrogens is 534 g/mol. The summed E-state index contributed by atoms with van der Waals surface area (Å²) in [5, 5.41) is 27.5. The smallest absolute Gasteiger partial charge is 0.278 e. The summed E-state index contributed by atoms with van der Waals surface area (Å²) in [6.07, 6.45) is 8.45. The van der Waals surface area contributed by atoms with Crippen molar-refractivity contribution in [3.05, 3.63) is 59.3 Å². The van der Waals surface area contributed by atoms with Gasteiger partial charge >= 0.3 is 0 Å². The van der Waals surface area contributed by atoms with E-state index in [9.17, 15) is 24.6 Å². The summed E-state index contributed by atoms with van der Waals surface area (Å²) >= 11 is 2.20. The number of hydrogen-bond donors (Lipinski definition) is 3. The van der Waals surface area contributed by atoms with E-state index in [0.29, 0.717) is 23.3 Å². The van der Waals surface area contributed by atoms with Gasteiger partial charge in [0.05, 0.1) is 18.3 Å². The molecule has 0 aromatic carbocycles. The maximum absolute atomic E-state index is 13.2. The highest BCUT2D eigenvalue weighted by atomic mass is 32.2. The predicted octanol–water partition coefficient (Wildman–Crippen LogP) is -1.56. The quantitative estimate of drug-likeness (QED) is 0.107. The van der Waals surface area contributed by atoms with Crippen LogP contribution in [0.25, 0.3) is 0 Å². The van der Waals surface area contributed by atoms with Crippen molar-refractivity contribution < 1.29 is 34.0 Å². The molecule has 3 aliphatic rings. The minimum Gasteiger partial charge on any atom is -0.543 e. The number of aliphatic hydroxyl groups excluding tert-OH is 1. The number of hydrogen-bond acceptors (Lipinski definition) is 12. The van der Waals surface area contributed by atoms with Crippen LogP contribution in [0.4, 0.5) is 5.13 Å². The summed E-state index contributed by atoms with van der Waals surface area (Å²) in [5.74, 6) is -2.56. The number of allylic oxidation sites excluding steroid dienone is 1. The number of fused-ring (bicyclic) bond motifs is 1. The van der Waals surface area contributed by atoms with Crippen LogP contribution in [-0.4, -0.2) is 66.1 Å². The second-order valence-corrected chi connectivity index (χ2v) is 10.6. The van der Waals surface area contributed by atoms with Gasteiger partial charge in [-0.3, -0.25) is 14.5 Å². The van der Waals surface area contributed by atoms with Gasteiger partial charge in [0.1, 0.15) is 17.5 Å². The number of β-lactam (4-membered cyclic amide) rings is 1. The van der Waals surface area contributed by atoms with Crippen molar-refractivity contribution in [1.29, 1.82) is 0 Å². The third-order valence-corrected chi connectivity index (χ3v) is 8.00. The van der Waals surface area contributed by atoms with Crippen molar-refractivity contribution in [2.75, 3.05) is 11.5 Å². The van der Waals surface area contributed by atoms with Crippen LogP contribution < -0.4 is 20.7 Å². The lowest BCUT2D eigenvalue weighted by Crippen LogP contribution is -2.71. The Kier molecular flexibility index (Phi) is 7.40. The average molecular weight is 558 g/mol. The van der Waals surface area contributed by atoms with E-state index in [1.165, 1.54) is 11.8 Å². The summed E-state index contributed by atoms with van der Waals surface area (Å²) in [6, 6.07) is 2.48. The molecule has 0 saturated carbocycles. The molecule has 2 aromatic heterocycles. The number of carbonyl (C=O) groups is 3. The molecule has 0 bridgehead atoms. The number of nitrogens with one attached hydrogen (secondary N) is 1. The molecule has 0 radical (unpaired) electrons. The first-order valence-corrected chi connectivity index (χ1v) is 13.5. The number of rotatable bonds is 9. The summed E-state index contributed by atoms with van der Waals surface area (Å²) in [6.45, 7) is 0.0328. The third-order valence-electron chi connectivity index (χ3n) is 6.12. The molecule has 0 spiro atoms. The van der Waals surface area contributed by atoms with Crippen LogP contribution in [0.5, 0.6) is 0 Å². The number of nitrogens with zero attached hydrogens (tertiary/aromatic N) is 5. The molecule has 4 N–H and O–H groups in total. The fourth-order valence-electron chi connectivity index (χ4n) is 4.32. The maximum Gasteiger partial charge on any atom is 0.278 e. The number of anilines is 1. The van der Waals surface area contributed by atoms with E-state index in [-0.39, 0.29) is 41.6 Å². The van der Waals surface area contributed by atoms with Gasteiger partial charge in [-0.05, 0) is 25.0 Å². The second kappa shape index (κ2) is 10.9. The summed E-state index contributed by atoms with van der Waals surface area (Å²) in [7, 11) is 0. The Morgan fingerprint density at radius 2 is 2.26 bits per heavy atom. The van der Waals surface area contributed by atoms with Gasteiger partial charge in [0, 0.05) is 34.5 Å². The van der Waals surface area contributed by atoms with Crippen molar-refractivity contribution in [2.24, 2.45) is 5.16 Å². The number of nitrogens with two attached hydrogens (primary N) is 1. The van der Waals surface area contributed by atoms with E-state index < -0.39 is 29.2 Å². The highest BCUT2D eigenvalue weighted by molar-refractivity contribution is 8.00. The minimum absolute atomic E-state index is 0.0355. The number of aliphatic carboxylic acids is 1. The molecule has 4 heterocycles. The van der Waals surface area contributed by atoms with Gasteiger partial charge in [0.25, 0.3) is 11.8 Å². The number of nitrogen functional groups attached to an aromatic ring is 1. The summed E-state index contributed by atoms with van der Waals surface area (Å²) < 4.78 is 5.76. The second-order valence-electron chi connectivity index (χ2n) is 8.69. The van der Waals surface area contributed by atoms with Crippen LogP contribution in [0.1, 0.15) is 24.2 Å². The average Bonchev–Trinajstić information content (AvgIpc) is 3.59. The Hall–Kier alpha value is -3.82. The fourth-order valence-corrected chi connectivity index (χ4v) is 6.09. The number of carbonyl (C=O) groups excluding carboxylic acids is 3. The van der Waals surface area contributed by atoms with Gasteiger partial charge in [-0.2, -0.15) is 9.36 Å². The van der Waals surface area contributed by atoms with Crippen molar-refractivity contribution in [3.8, 4) is 0 Å². The van der Waals surface area contributed by atoms with Crippen LogP contribution in [-0.2, 0) is 32.4 Å². The van der Waals surface area contributed by atoms with Crippen LogP contribution in [0.15, 0.2) is 53.1 Å². The molecule has 1 saturated heterocycles. The third kappa shape index (κ3) is 5.12. The zero-order chi connectivity index (χ0) is 26.8.